The quantitative estimate of drug-likeness (QED) is 0.135. The van der Waals surface area contributed by atoms with E-state index < -0.39 is 0 Å². The molecule has 7 heteroatoms. The van der Waals surface area contributed by atoms with Gasteiger partial charge in [0, 0.05) is 27.8 Å². The first kappa shape index (κ1) is 47.6. The standard InChI is InChI=1S/C71H53N7/c1-46-38-48(3)67(49(4)39-46)58-44-66(77-62-34-20-22-36-64(62)78(65-37-23-21-35-63(65)77)71-75-69(53-30-16-8-17-31-53)74-70(76-71)54-32-18-9-19-33-54)59(43-57(58)56-41-47(2)40-55(42-56)50-24-10-5-11-25-50)61-45-60(51-26-12-6-13-27-51)72-68(73-61)52-28-14-7-15-29-52/h5-45H,1-4H3. The Bertz CT molecular complexity index is 4000. The van der Waals surface area contributed by atoms with E-state index >= 15 is 0 Å². The van der Waals surface area contributed by atoms with Gasteiger partial charge in [0.15, 0.2) is 17.5 Å². The highest BCUT2D eigenvalue weighted by atomic mass is 15.3. The fourth-order valence-corrected chi connectivity index (χ4v) is 11.1. The van der Waals surface area contributed by atoms with Gasteiger partial charge < -0.3 is 4.90 Å². The van der Waals surface area contributed by atoms with Crippen LogP contribution in [0.15, 0.2) is 249 Å². The number of aryl methyl sites for hydroxylation is 4. The zero-order chi connectivity index (χ0) is 52.7. The molecule has 0 saturated heterocycles. The highest BCUT2D eigenvalue weighted by Gasteiger charge is 2.35. The zero-order valence-corrected chi connectivity index (χ0v) is 43.8. The smallest absolute Gasteiger partial charge is 0.238 e. The van der Waals surface area contributed by atoms with Crippen LogP contribution in [0.25, 0.3) is 90.1 Å². The molecule has 0 amide bonds. The minimum absolute atomic E-state index is 0.508. The predicted molar refractivity (Wildman–Crippen MR) is 321 cm³/mol. The van der Waals surface area contributed by atoms with E-state index in [0.29, 0.717) is 23.4 Å². The SMILES string of the molecule is Cc1cc(-c2ccccc2)cc(-c2cc(-c3cc(-c4ccccc4)nc(-c4ccccc4)n3)c(N3c4ccccc4N(c4nc(-c5ccccc5)nc(-c5ccccc5)n4)c4ccccc43)cc2-c2c(C)cc(C)cc2C)c1. The first-order chi connectivity index (χ1) is 38.3. The summed E-state index contributed by atoms with van der Waals surface area (Å²) in [7, 11) is 0. The maximum atomic E-state index is 5.60. The molecular weight excluding hydrogens is 951 g/mol. The average Bonchev–Trinajstić information content (AvgIpc) is 3.68. The lowest BCUT2D eigenvalue weighted by molar-refractivity contribution is 1.01. The summed E-state index contributed by atoms with van der Waals surface area (Å²) >= 11 is 0. The monoisotopic (exact) mass is 1000 g/mol. The molecule has 0 saturated carbocycles. The molecule has 78 heavy (non-hydrogen) atoms. The summed E-state index contributed by atoms with van der Waals surface area (Å²) in [5.74, 6) is 2.32. The number of rotatable bonds is 10. The molecule has 0 atom stereocenters. The summed E-state index contributed by atoms with van der Waals surface area (Å²) in [4.78, 5) is 31.2. The van der Waals surface area contributed by atoms with Crippen molar-refractivity contribution in [1.82, 2.24) is 24.9 Å². The van der Waals surface area contributed by atoms with Crippen molar-refractivity contribution in [3.63, 3.8) is 0 Å². The third kappa shape index (κ3) is 8.97. The summed E-state index contributed by atoms with van der Waals surface area (Å²) in [6.45, 7) is 8.86. The molecule has 7 nitrogen and oxygen atoms in total. The number of para-hydroxylation sites is 4. The van der Waals surface area contributed by atoms with Crippen LogP contribution in [0.3, 0.4) is 0 Å². The van der Waals surface area contributed by atoms with Gasteiger partial charge in [0.25, 0.3) is 0 Å². The summed E-state index contributed by atoms with van der Waals surface area (Å²) in [5.41, 5.74) is 22.5. The van der Waals surface area contributed by atoms with Crippen molar-refractivity contribution in [3.05, 3.63) is 271 Å². The van der Waals surface area contributed by atoms with Crippen LogP contribution < -0.4 is 9.80 Å². The van der Waals surface area contributed by atoms with Crippen LogP contribution in [-0.4, -0.2) is 24.9 Å². The Morgan fingerprint density at radius 3 is 1.18 bits per heavy atom. The van der Waals surface area contributed by atoms with E-state index in [-0.39, 0.29) is 0 Å². The van der Waals surface area contributed by atoms with Crippen molar-refractivity contribution >= 4 is 34.4 Å². The number of anilines is 6. The Labute approximate surface area is 455 Å². The molecular formula is C71H53N7. The van der Waals surface area contributed by atoms with Gasteiger partial charge in [-0.05, 0) is 126 Å². The number of benzene rings is 10. The van der Waals surface area contributed by atoms with Gasteiger partial charge in [0.2, 0.25) is 5.95 Å². The summed E-state index contributed by atoms with van der Waals surface area (Å²) in [6.07, 6.45) is 0. The molecule has 13 rings (SSSR count). The van der Waals surface area contributed by atoms with Crippen LogP contribution in [0.4, 0.5) is 34.4 Å². The van der Waals surface area contributed by atoms with Crippen LogP contribution in [-0.2, 0) is 0 Å². The largest absolute Gasteiger partial charge is 0.306 e. The van der Waals surface area contributed by atoms with Gasteiger partial charge in [-0.2, -0.15) is 9.97 Å². The zero-order valence-electron chi connectivity index (χ0n) is 43.8. The highest BCUT2D eigenvalue weighted by molar-refractivity contribution is 6.06. The molecule has 0 unspecified atom stereocenters. The van der Waals surface area contributed by atoms with Crippen molar-refractivity contribution in [2.45, 2.75) is 27.7 Å². The molecule has 0 radical (unpaired) electrons. The molecule has 0 N–H and O–H groups in total. The third-order valence-corrected chi connectivity index (χ3v) is 14.5. The van der Waals surface area contributed by atoms with Gasteiger partial charge in [-0.15, -0.1) is 0 Å². The second-order valence-corrected chi connectivity index (χ2v) is 20.0. The fraction of sp³-hybridized carbons (Fsp3) is 0.0563. The Hall–Kier alpha value is -10.1. The van der Waals surface area contributed by atoms with Crippen molar-refractivity contribution in [2.24, 2.45) is 0 Å². The van der Waals surface area contributed by atoms with Crippen molar-refractivity contribution in [3.8, 4) is 90.1 Å². The Balaban J connectivity index is 1.13. The minimum Gasteiger partial charge on any atom is -0.306 e. The molecule has 12 aromatic rings. The van der Waals surface area contributed by atoms with Crippen LogP contribution in [0.2, 0.25) is 0 Å². The van der Waals surface area contributed by atoms with E-state index in [4.69, 9.17) is 24.9 Å². The number of aromatic nitrogens is 5. The van der Waals surface area contributed by atoms with Gasteiger partial charge in [-0.3, -0.25) is 4.90 Å². The van der Waals surface area contributed by atoms with Crippen LogP contribution >= 0.6 is 0 Å². The number of hydrogen-bond donors (Lipinski definition) is 0. The van der Waals surface area contributed by atoms with E-state index in [9.17, 15) is 0 Å². The minimum atomic E-state index is 0.508. The second-order valence-electron chi connectivity index (χ2n) is 20.0. The maximum Gasteiger partial charge on any atom is 0.238 e. The first-order valence-electron chi connectivity index (χ1n) is 26.4. The third-order valence-electron chi connectivity index (χ3n) is 14.5. The maximum absolute atomic E-state index is 5.60. The second kappa shape index (κ2) is 20.2. The molecule has 10 aromatic carbocycles. The van der Waals surface area contributed by atoms with Crippen molar-refractivity contribution in [2.75, 3.05) is 9.80 Å². The average molecular weight is 1000 g/mol. The van der Waals surface area contributed by atoms with Gasteiger partial charge in [-0.1, -0.05) is 206 Å². The first-order valence-corrected chi connectivity index (χ1v) is 26.4. The molecule has 3 heterocycles. The fourth-order valence-electron chi connectivity index (χ4n) is 11.1. The molecule has 0 spiro atoms. The lowest BCUT2D eigenvalue weighted by Gasteiger charge is -2.40. The predicted octanol–water partition coefficient (Wildman–Crippen LogP) is 18.5. The number of nitrogens with zero attached hydrogens (tertiary/aromatic N) is 7. The van der Waals surface area contributed by atoms with Gasteiger partial charge in [-0.25, -0.2) is 15.0 Å². The Morgan fingerprint density at radius 2 is 0.667 bits per heavy atom. The summed E-state index contributed by atoms with van der Waals surface area (Å²) in [6, 6.07) is 87.4. The van der Waals surface area contributed by atoms with Gasteiger partial charge >= 0.3 is 0 Å². The van der Waals surface area contributed by atoms with Gasteiger partial charge in [0.05, 0.1) is 39.8 Å². The molecule has 1 aliphatic rings. The number of hydrogen-bond acceptors (Lipinski definition) is 7. The van der Waals surface area contributed by atoms with E-state index in [1.54, 1.807) is 0 Å². The topological polar surface area (TPSA) is 70.9 Å². The Morgan fingerprint density at radius 1 is 0.256 bits per heavy atom. The molecule has 0 aliphatic carbocycles. The van der Waals surface area contributed by atoms with Crippen molar-refractivity contribution < 1.29 is 0 Å². The number of fused-ring (bicyclic) bond motifs is 2. The normalized spacial score (nSPS) is 11.8. The van der Waals surface area contributed by atoms with Gasteiger partial charge in [0.1, 0.15) is 0 Å². The van der Waals surface area contributed by atoms with E-state index in [2.05, 4.69) is 201 Å². The van der Waals surface area contributed by atoms with E-state index in [1.807, 2.05) is 84.9 Å². The summed E-state index contributed by atoms with van der Waals surface area (Å²) in [5, 5.41) is 0. The molecule has 1 aliphatic heterocycles. The lowest BCUT2D eigenvalue weighted by atomic mass is 9.84. The molecule has 372 valence electrons. The Kier molecular flexibility index (Phi) is 12.3. The summed E-state index contributed by atoms with van der Waals surface area (Å²) < 4.78 is 0. The molecule has 2 aromatic heterocycles. The van der Waals surface area contributed by atoms with E-state index in [1.165, 1.54) is 27.8 Å². The van der Waals surface area contributed by atoms with Crippen LogP contribution in [0, 0.1) is 27.7 Å². The van der Waals surface area contributed by atoms with Crippen molar-refractivity contribution in [1.29, 1.82) is 0 Å². The molecule has 0 fully saturated rings. The van der Waals surface area contributed by atoms with Crippen LogP contribution in [0.5, 0.6) is 0 Å². The highest BCUT2D eigenvalue weighted by Crippen LogP contribution is 2.57. The van der Waals surface area contributed by atoms with Crippen LogP contribution in [0.1, 0.15) is 22.3 Å². The van der Waals surface area contributed by atoms with E-state index in [0.717, 1.165) is 95.5 Å². The molecule has 0 bridgehead atoms. The lowest BCUT2D eigenvalue weighted by Crippen LogP contribution is -2.26.